The molecule has 0 saturated carbocycles. The molecule has 1 aromatic heterocycles. The average molecular weight is 325 g/mol. The third kappa shape index (κ3) is 4.27. The van der Waals surface area contributed by atoms with Crippen molar-refractivity contribution in [2.75, 3.05) is 11.9 Å². The first-order valence-corrected chi connectivity index (χ1v) is 7.31. The van der Waals surface area contributed by atoms with Gasteiger partial charge in [0.05, 0.1) is 10.7 Å². The van der Waals surface area contributed by atoms with E-state index in [0.717, 1.165) is 5.01 Å². The normalized spacial score (nSPS) is 10.2. The summed E-state index contributed by atoms with van der Waals surface area (Å²) in [6.07, 6.45) is 0. The van der Waals surface area contributed by atoms with Gasteiger partial charge in [0, 0.05) is 10.7 Å². The Labute approximate surface area is 130 Å². The van der Waals surface area contributed by atoms with Crippen LogP contribution in [0, 0.1) is 13.8 Å². The molecule has 0 spiro atoms. The molecular formula is C14H13ClN2O3S. The molecule has 7 heteroatoms. The summed E-state index contributed by atoms with van der Waals surface area (Å²) < 4.78 is 4.97. The minimum Gasteiger partial charge on any atom is -0.451 e. The molecule has 1 aromatic carbocycles. The lowest BCUT2D eigenvalue weighted by Gasteiger charge is -2.06. The number of aromatic nitrogens is 1. The number of thiazole rings is 1. The third-order valence-corrected chi connectivity index (χ3v) is 3.82. The first-order chi connectivity index (χ1) is 9.95. The number of carbonyl (C=O) groups is 2. The van der Waals surface area contributed by atoms with E-state index in [0.29, 0.717) is 21.3 Å². The summed E-state index contributed by atoms with van der Waals surface area (Å²) in [5, 5.41) is 3.89. The SMILES string of the molecule is Cc1nc(C)c(C(=O)OCC(=O)Nc2cccc(Cl)c2)s1. The maximum Gasteiger partial charge on any atom is 0.350 e. The predicted molar refractivity (Wildman–Crippen MR) is 82.0 cm³/mol. The molecule has 0 aliphatic heterocycles. The summed E-state index contributed by atoms with van der Waals surface area (Å²) in [7, 11) is 0. The molecule has 1 N–H and O–H groups in total. The Balaban J connectivity index is 1.89. The minimum absolute atomic E-state index is 0.359. The average Bonchev–Trinajstić information content (AvgIpc) is 2.75. The molecule has 0 atom stereocenters. The van der Waals surface area contributed by atoms with E-state index in [2.05, 4.69) is 10.3 Å². The van der Waals surface area contributed by atoms with Crippen LogP contribution in [0.4, 0.5) is 5.69 Å². The summed E-state index contributed by atoms with van der Waals surface area (Å²) in [4.78, 5) is 28.1. The van der Waals surface area contributed by atoms with Crippen LogP contribution in [0.25, 0.3) is 0 Å². The highest BCUT2D eigenvalue weighted by Gasteiger charge is 2.16. The van der Waals surface area contributed by atoms with Crippen LogP contribution >= 0.6 is 22.9 Å². The number of nitrogens with zero attached hydrogens (tertiary/aromatic N) is 1. The molecular weight excluding hydrogens is 312 g/mol. The van der Waals surface area contributed by atoms with Crippen LogP contribution in [-0.4, -0.2) is 23.5 Å². The van der Waals surface area contributed by atoms with E-state index in [4.69, 9.17) is 16.3 Å². The zero-order valence-corrected chi connectivity index (χ0v) is 13.0. The van der Waals surface area contributed by atoms with E-state index in [1.54, 1.807) is 38.1 Å². The van der Waals surface area contributed by atoms with Gasteiger partial charge in [-0.2, -0.15) is 0 Å². The number of esters is 1. The predicted octanol–water partition coefficient (Wildman–Crippen LogP) is 3.21. The highest BCUT2D eigenvalue weighted by Crippen LogP contribution is 2.18. The van der Waals surface area contributed by atoms with Crippen LogP contribution in [0.15, 0.2) is 24.3 Å². The zero-order valence-electron chi connectivity index (χ0n) is 11.5. The number of hydrogen-bond acceptors (Lipinski definition) is 5. The summed E-state index contributed by atoms with van der Waals surface area (Å²) in [5.74, 6) is -0.969. The van der Waals surface area contributed by atoms with E-state index in [-0.39, 0.29) is 6.61 Å². The fourth-order valence-electron chi connectivity index (χ4n) is 1.68. The highest BCUT2D eigenvalue weighted by molar-refractivity contribution is 7.13. The molecule has 1 amide bonds. The van der Waals surface area contributed by atoms with Crippen molar-refractivity contribution in [1.29, 1.82) is 0 Å². The molecule has 0 aliphatic carbocycles. The van der Waals surface area contributed by atoms with Gasteiger partial charge >= 0.3 is 5.97 Å². The molecule has 0 aliphatic rings. The number of rotatable bonds is 4. The lowest BCUT2D eigenvalue weighted by Crippen LogP contribution is -2.20. The van der Waals surface area contributed by atoms with Gasteiger partial charge in [0.1, 0.15) is 4.88 Å². The van der Waals surface area contributed by atoms with E-state index < -0.39 is 11.9 Å². The topological polar surface area (TPSA) is 68.3 Å². The minimum atomic E-state index is -0.542. The number of hydrogen-bond donors (Lipinski definition) is 1. The maximum atomic E-state index is 11.8. The van der Waals surface area contributed by atoms with Gasteiger partial charge in [-0.1, -0.05) is 17.7 Å². The molecule has 21 heavy (non-hydrogen) atoms. The molecule has 0 radical (unpaired) electrons. The van der Waals surface area contributed by atoms with E-state index in [9.17, 15) is 9.59 Å². The number of carbonyl (C=O) groups excluding carboxylic acids is 2. The molecule has 0 saturated heterocycles. The van der Waals surface area contributed by atoms with Gasteiger partial charge in [0.25, 0.3) is 5.91 Å². The van der Waals surface area contributed by atoms with Crippen LogP contribution < -0.4 is 5.32 Å². The van der Waals surface area contributed by atoms with Crippen molar-refractivity contribution < 1.29 is 14.3 Å². The number of ether oxygens (including phenoxy) is 1. The van der Waals surface area contributed by atoms with Crippen LogP contribution in [0.5, 0.6) is 0 Å². The van der Waals surface area contributed by atoms with Crippen molar-refractivity contribution in [3.05, 3.63) is 44.9 Å². The molecule has 110 valence electrons. The lowest BCUT2D eigenvalue weighted by atomic mass is 10.3. The fraction of sp³-hybridized carbons (Fsp3) is 0.214. The molecule has 1 heterocycles. The lowest BCUT2D eigenvalue weighted by molar-refractivity contribution is -0.119. The second kappa shape index (κ2) is 6.69. The van der Waals surface area contributed by atoms with E-state index in [1.165, 1.54) is 11.3 Å². The quantitative estimate of drug-likeness (QED) is 0.877. The number of aryl methyl sites for hydroxylation is 2. The van der Waals surface area contributed by atoms with Crippen molar-refractivity contribution in [2.24, 2.45) is 0 Å². The molecule has 0 fully saturated rings. The monoisotopic (exact) mass is 324 g/mol. The number of nitrogens with one attached hydrogen (secondary N) is 1. The zero-order chi connectivity index (χ0) is 15.4. The van der Waals surface area contributed by atoms with Gasteiger partial charge in [-0.25, -0.2) is 9.78 Å². The van der Waals surface area contributed by atoms with Crippen molar-refractivity contribution >= 4 is 40.5 Å². The Morgan fingerprint density at radius 1 is 1.38 bits per heavy atom. The Morgan fingerprint density at radius 3 is 2.76 bits per heavy atom. The van der Waals surface area contributed by atoms with Crippen LogP contribution in [0.3, 0.4) is 0 Å². The van der Waals surface area contributed by atoms with Gasteiger partial charge in [0.15, 0.2) is 6.61 Å². The van der Waals surface area contributed by atoms with Crippen molar-refractivity contribution in [3.63, 3.8) is 0 Å². The first kappa shape index (κ1) is 15.5. The van der Waals surface area contributed by atoms with Crippen molar-refractivity contribution in [2.45, 2.75) is 13.8 Å². The second-order valence-electron chi connectivity index (χ2n) is 4.28. The summed E-state index contributed by atoms with van der Waals surface area (Å²) >= 11 is 7.06. The maximum absolute atomic E-state index is 11.8. The van der Waals surface area contributed by atoms with Gasteiger partial charge in [-0.3, -0.25) is 4.79 Å². The van der Waals surface area contributed by atoms with Crippen molar-refractivity contribution in [1.82, 2.24) is 4.98 Å². The summed E-state index contributed by atoms with van der Waals surface area (Å²) in [6, 6.07) is 6.72. The van der Waals surface area contributed by atoms with Gasteiger partial charge in [0.2, 0.25) is 0 Å². The third-order valence-electron chi connectivity index (χ3n) is 2.53. The Hall–Kier alpha value is -1.92. The second-order valence-corrected chi connectivity index (χ2v) is 5.92. The van der Waals surface area contributed by atoms with E-state index >= 15 is 0 Å². The summed E-state index contributed by atoms with van der Waals surface area (Å²) in [5.41, 5.74) is 1.16. The molecule has 0 unspecified atom stereocenters. The standard InChI is InChI=1S/C14H13ClN2O3S/c1-8-13(21-9(2)16-8)14(19)20-7-12(18)17-11-5-3-4-10(15)6-11/h3-6H,7H2,1-2H3,(H,17,18). The number of halogens is 1. The van der Waals surface area contributed by atoms with Gasteiger partial charge in [-0.05, 0) is 32.0 Å². The van der Waals surface area contributed by atoms with Crippen LogP contribution in [0.1, 0.15) is 20.4 Å². The van der Waals surface area contributed by atoms with Gasteiger partial charge < -0.3 is 10.1 Å². The smallest absolute Gasteiger partial charge is 0.350 e. The molecule has 2 rings (SSSR count). The molecule has 5 nitrogen and oxygen atoms in total. The Kier molecular flexibility index (Phi) is 4.93. The Bertz CT molecular complexity index is 685. The Morgan fingerprint density at radius 2 is 2.14 bits per heavy atom. The molecule has 2 aromatic rings. The number of benzene rings is 1. The van der Waals surface area contributed by atoms with E-state index in [1.807, 2.05) is 0 Å². The fourth-order valence-corrected chi connectivity index (χ4v) is 2.68. The van der Waals surface area contributed by atoms with Gasteiger partial charge in [-0.15, -0.1) is 11.3 Å². The summed E-state index contributed by atoms with van der Waals surface area (Å²) in [6.45, 7) is 3.17. The number of anilines is 1. The molecule has 0 bridgehead atoms. The van der Waals surface area contributed by atoms with Crippen LogP contribution in [0.2, 0.25) is 5.02 Å². The highest BCUT2D eigenvalue weighted by atomic mass is 35.5. The largest absolute Gasteiger partial charge is 0.451 e. The number of amides is 1. The van der Waals surface area contributed by atoms with Crippen molar-refractivity contribution in [3.8, 4) is 0 Å². The van der Waals surface area contributed by atoms with Crippen LogP contribution in [-0.2, 0) is 9.53 Å². The first-order valence-electron chi connectivity index (χ1n) is 6.12.